The van der Waals surface area contributed by atoms with Crippen LogP contribution in [0.2, 0.25) is 10.0 Å². The van der Waals surface area contributed by atoms with Gasteiger partial charge in [0, 0.05) is 11.8 Å². The fraction of sp³-hybridized carbons (Fsp3) is 0.346. The number of halogens is 2. The van der Waals surface area contributed by atoms with E-state index < -0.39 is 0 Å². The summed E-state index contributed by atoms with van der Waals surface area (Å²) in [6.45, 7) is 10.9. The Balaban J connectivity index is 1.97. The Morgan fingerprint density at radius 1 is 1.10 bits per heavy atom. The molecule has 1 aromatic rings. The third kappa shape index (κ3) is 7.34. The summed E-state index contributed by atoms with van der Waals surface area (Å²) < 4.78 is 0. The molecule has 0 radical (unpaired) electrons. The lowest BCUT2D eigenvalue weighted by Crippen LogP contribution is -2.19. The third-order valence-corrected chi connectivity index (χ3v) is 6.06. The largest absolute Gasteiger partial charge is 0.322 e. The second-order valence-electron chi connectivity index (χ2n) is 8.54. The molecule has 1 aromatic carbocycles. The van der Waals surface area contributed by atoms with E-state index in [2.05, 4.69) is 51.2 Å². The molecule has 2 nitrogen and oxygen atoms in total. The Morgan fingerprint density at radius 3 is 2.50 bits per heavy atom. The molecule has 0 aromatic heterocycles. The number of allylic oxidation sites excluding steroid dienone is 9. The van der Waals surface area contributed by atoms with Crippen molar-refractivity contribution in [3.8, 4) is 0 Å². The summed E-state index contributed by atoms with van der Waals surface area (Å²) in [6.07, 6.45) is 15.6. The van der Waals surface area contributed by atoms with Gasteiger partial charge in [0.15, 0.2) is 0 Å². The van der Waals surface area contributed by atoms with E-state index in [1.807, 2.05) is 19.1 Å². The van der Waals surface area contributed by atoms with Crippen molar-refractivity contribution in [2.45, 2.75) is 53.9 Å². The second-order valence-corrected chi connectivity index (χ2v) is 9.36. The molecule has 0 atom stereocenters. The quantitative estimate of drug-likeness (QED) is 0.346. The molecule has 2 rings (SSSR count). The van der Waals surface area contributed by atoms with E-state index in [1.54, 1.807) is 24.3 Å². The van der Waals surface area contributed by atoms with E-state index in [4.69, 9.17) is 23.2 Å². The van der Waals surface area contributed by atoms with E-state index in [-0.39, 0.29) is 11.3 Å². The van der Waals surface area contributed by atoms with Gasteiger partial charge in [-0.2, -0.15) is 0 Å². The zero-order valence-corrected chi connectivity index (χ0v) is 20.0. The van der Waals surface area contributed by atoms with Crippen molar-refractivity contribution < 1.29 is 4.79 Å². The molecule has 1 amide bonds. The van der Waals surface area contributed by atoms with Crippen LogP contribution in [0.15, 0.2) is 76.9 Å². The number of rotatable bonds is 6. The molecule has 1 aliphatic rings. The van der Waals surface area contributed by atoms with Crippen LogP contribution in [0.25, 0.3) is 0 Å². The lowest BCUT2D eigenvalue weighted by Gasteiger charge is -2.32. The van der Waals surface area contributed by atoms with E-state index >= 15 is 0 Å². The van der Waals surface area contributed by atoms with Crippen LogP contribution in [0.1, 0.15) is 53.9 Å². The smallest absolute Gasteiger partial charge is 0.248 e. The molecule has 1 N–H and O–H groups in total. The molecule has 0 fully saturated rings. The number of amides is 1. The number of nitrogens with one attached hydrogen (secondary N) is 1. The summed E-state index contributed by atoms with van der Waals surface area (Å²) in [5.41, 5.74) is 5.83. The summed E-state index contributed by atoms with van der Waals surface area (Å²) in [6, 6.07) is 5.00. The number of benzene rings is 1. The zero-order chi connectivity index (χ0) is 22.3. The normalized spacial score (nSPS) is 17.8. The van der Waals surface area contributed by atoms with Gasteiger partial charge >= 0.3 is 0 Å². The van der Waals surface area contributed by atoms with Gasteiger partial charge in [-0.15, -0.1) is 0 Å². The van der Waals surface area contributed by atoms with Crippen LogP contribution in [0.5, 0.6) is 0 Å². The number of carbonyl (C=O) groups excluding carboxylic acids is 1. The Morgan fingerprint density at radius 2 is 1.83 bits per heavy atom. The van der Waals surface area contributed by atoms with Crippen molar-refractivity contribution in [3.05, 3.63) is 87.0 Å². The molecule has 0 saturated heterocycles. The van der Waals surface area contributed by atoms with Gasteiger partial charge in [-0.3, -0.25) is 4.79 Å². The highest BCUT2D eigenvalue weighted by atomic mass is 35.5. The van der Waals surface area contributed by atoms with Crippen LogP contribution in [0, 0.1) is 5.41 Å². The fourth-order valence-electron chi connectivity index (χ4n) is 3.64. The zero-order valence-electron chi connectivity index (χ0n) is 18.5. The van der Waals surface area contributed by atoms with Gasteiger partial charge in [0.1, 0.15) is 0 Å². The highest BCUT2D eigenvalue weighted by Crippen LogP contribution is 2.40. The van der Waals surface area contributed by atoms with Crippen molar-refractivity contribution >= 4 is 34.8 Å². The maximum atomic E-state index is 12.2. The summed E-state index contributed by atoms with van der Waals surface area (Å²) in [7, 11) is 0. The van der Waals surface area contributed by atoms with Crippen molar-refractivity contribution in [1.82, 2.24) is 0 Å². The van der Waals surface area contributed by atoms with Crippen LogP contribution >= 0.6 is 23.2 Å². The van der Waals surface area contributed by atoms with Crippen LogP contribution in [-0.2, 0) is 4.79 Å². The van der Waals surface area contributed by atoms with E-state index in [9.17, 15) is 4.79 Å². The Kier molecular flexibility index (Phi) is 8.76. The highest BCUT2D eigenvalue weighted by Gasteiger charge is 2.26. The Hall–Kier alpha value is -2.03. The maximum absolute atomic E-state index is 12.2. The first-order valence-corrected chi connectivity index (χ1v) is 11.0. The average molecular weight is 444 g/mol. The predicted molar refractivity (Wildman–Crippen MR) is 131 cm³/mol. The monoisotopic (exact) mass is 443 g/mol. The van der Waals surface area contributed by atoms with Crippen molar-refractivity contribution in [2.75, 3.05) is 5.32 Å². The molecule has 0 heterocycles. The minimum atomic E-state index is -0.210. The lowest BCUT2D eigenvalue weighted by atomic mass is 9.72. The molecule has 0 saturated carbocycles. The van der Waals surface area contributed by atoms with Gasteiger partial charge in [0.05, 0.1) is 10.0 Å². The van der Waals surface area contributed by atoms with Crippen LogP contribution in [-0.4, -0.2) is 5.91 Å². The fourth-order valence-corrected chi connectivity index (χ4v) is 3.94. The van der Waals surface area contributed by atoms with Crippen LogP contribution in [0.3, 0.4) is 0 Å². The molecular formula is C26H31Cl2NO. The van der Waals surface area contributed by atoms with Gasteiger partial charge in [-0.25, -0.2) is 0 Å². The highest BCUT2D eigenvalue weighted by molar-refractivity contribution is 6.42. The summed E-state index contributed by atoms with van der Waals surface area (Å²) in [5, 5.41) is 3.65. The van der Waals surface area contributed by atoms with Crippen molar-refractivity contribution in [2.24, 2.45) is 5.41 Å². The molecule has 160 valence electrons. The first-order valence-electron chi connectivity index (χ1n) is 10.3. The van der Waals surface area contributed by atoms with Crippen LogP contribution < -0.4 is 5.32 Å². The molecule has 0 aliphatic heterocycles. The van der Waals surface area contributed by atoms with Gasteiger partial charge in [-0.05, 0) is 74.8 Å². The molecule has 0 bridgehead atoms. The van der Waals surface area contributed by atoms with E-state index in [0.717, 1.165) is 5.57 Å². The summed E-state index contributed by atoms with van der Waals surface area (Å²) in [4.78, 5) is 12.2. The van der Waals surface area contributed by atoms with Gasteiger partial charge in [0.2, 0.25) is 5.91 Å². The summed E-state index contributed by atoms with van der Waals surface area (Å²) >= 11 is 11.9. The van der Waals surface area contributed by atoms with Gasteiger partial charge < -0.3 is 5.32 Å². The molecule has 4 heteroatoms. The van der Waals surface area contributed by atoms with Gasteiger partial charge in [0.25, 0.3) is 0 Å². The first kappa shape index (κ1) is 24.2. The minimum absolute atomic E-state index is 0.210. The van der Waals surface area contributed by atoms with E-state index in [0.29, 0.717) is 15.7 Å². The first-order chi connectivity index (χ1) is 14.1. The minimum Gasteiger partial charge on any atom is -0.322 e. The topological polar surface area (TPSA) is 29.1 Å². The van der Waals surface area contributed by atoms with Crippen molar-refractivity contribution in [3.63, 3.8) is 0 Å². The lowest BCUT2D eigenvalue weighted by molar-refractivity contribution is -0.111. The summed E-state index contributed by atoms with van der Waals surface area (Å²) in [5.74, 6) is -0.210. The SMILES string of the molecule is CC1=C(/C=C/C(C)=C/C=C/C(C)=C/C(=O)Nc2ccc(Cl)c(Cl)c2)C(C)(C)CCC1. The number of hydrogen-bond donors (Lipinski definition) is 1. The maximum Gasteiger partial charge on any atom is 0.248 e. The number of hydrogen-bond acceptors (Lipinski definition) is 1. The molecule has 1 aliphatic carbocycles. The Labute approximate surface area is 191 Å². The second kappa shape index (κ2) is 10.8. The van der Waals surface area contributed by atoms with Gasteiger partial charge in [-0.1, -0.05) is 78.6 Å². The standard InChI is InChI=1S/C26H31Cl2NO/c1-18(11-13-22-20(3)10-7-15-26(22,4)5)8-6-9-19(2)16-25(30)29-21-12-14-23(27)24(28)17-21/h6,8-9,11-14,16-17H,7,10,15H2,1-5H3,(H,29,30)/b9-6+,13-11+,18-8+,19-16+. The molecule has 0 spiro atoms. The van der Waals surface area contributed by atoms with Crippen molar-refractivity contribution in [1.29, 1.82) is 0 Å². The number of anilines is 1. The van der Waals surface area contributed by atoms with Crippen LogP contribution in [0.4, 0.5) is 5.69 Å². The average Bonchev–Trinajstić information content (AvgIpc) is 2.63. The molecule has 30 heavy (non-hydrogen) atoms. The molecular weight excluding hydrogens is 413 g/mol. The number of carbonyl (C=O) groups is 1. The third-order valence-electron chi connectivity index (χ3n) is 5.32. The van der Waals surface area contributed by atoms with E-state index in [1.165, 1.54) is 36.0 Å². The Bertz CT molecular complexity index is 946. The molecule has 0 unspecified atom stereocenters. The predicted octanol–water partition coefficient (Wildman–Crippen LogP) is 8.46.